The van der Waals surface area contributed by atoms with E-state index in [0.717, 1.165) is 0 Å². The van der Waals surface area contributed by atoms with E-state index in [4.69, 9.17) is 40.0 Å². The standard InChI is InChI=1S/C8H5Cl3N2O3/c9-3-1-5(11)6(2-4(3)10)12-7(14)8(15)13-16/h1-2,16H,(H,12,14)(H,13,15). The van der Waals surface area contributed by atoms with Crippen molar-refractivity contribution in [3.05, 3.63) is 27.2 Å². The predicted octanol–water partition coefficient (Wildman–Crippen LogP) is 2.09. The molecule has 0 aliphatic carbocycles. The van der Waals surface area contributed by atoms with Gasteiger partial charge in [0.1, 0.15) is 0 Å². The van der Waals surface area contributed by atoms with Crippen molar-refractivity contribution in [1.82, 2.24) is 5.48 Å². The smallest absolute Gasteiger partial charge is 0.316 e. The highest BCUT2D eigenvalue weighted by Gasteiger charge is 2.15. The highest BCUT2D eigenvalue weighted by molar-refractivity contribution is 6.45. The van der Waals surface area contributed by atoms with Crippen molar-refractivity contribution in [1.29, 1.82) is 0 Å². The minimum Gasteiger partial charge on any atom is -0.316 e. The summed E-state index contributed by atoms with van der Waals surface area (Å²) in [6.45, 7) is 0. The lowest BCUT2D eigenvalue weighted by atomic mass is 10.3. The molecule has 0 atom stereocenters. The van der Waals surface area contributed by atoms with Gasteiger partial charge in [0.15, 0.2) is 0 Å². The molecule has 0 spiro atoms. The molecule has 0 saturated carbocycles. The van der Waals surface area contributed by atoms with Gasteiger partial charge in [-0.25, -0.2) is 5.48 Å². The van der Waals surface area contributed by atoms with Gasteiger partial charge in [-0.3, -0.25) is 14.8 Å². The summed E-state index contributed by atoms with van der Waals surface area (Å²) in [6.07, 6.45) is 0. The number of rotatable bonds is 1. The summed E-state index contributed by atoms with van der Waals surface area (Å²) >= 11 is 17.1. The zero-order valence-corrected chi connectivity index (χ0v) is 9.82. The first-order valence-corrected chi connectivity index (χ1v) is 4.99. The fourth-order valence-electron chi connectivity index (χ4n) is 0.848. The second-order valence-electron chi connectivity index (χ2n) is 2.64. The third kappa shape index (κ3) is 2.99. The number of hydrogen-bond donors (Lipinski definition) is 3. The molecule has 0 aliphatic heterocycles. The Morgan fingerprint density at radius 2 is 1.56 bits per heavy atom. The Balaban J connectivity index is 2.94. The normalized spacial score (nSPS) is 9.75. The molecule has 0 fully saturated rings. The summed E-state index contributed by atoms with van der Waals surface area (Å²) in [4.78, 5) is 21.8. The summed E-state index contributed by atoms with van der Waals surface area (Å²) in [7, 11) is 0. The van der Waals surface area contributed by atoms with E-state index in [1.807, 2.05) is 0 Å². The van der Waals surface area contributed by atoms with Crippen molar-refractivity contribution in [3.63, 3.8) is 0 Å². The van der Waals surface area contributed by atoms with Crippen LogP contribution in [0.5, 0.6) is 0 Å². The Labute approximate surface area is 105 Å². The van der Waals surface area contributed by atoms with Crippen molar-refractivity contribution in [2.45, 2.75) is 0 Å². The van der Waals surface area contributed by atoms with E-state index in [1.54, 1.807) is 0 Å². The molecule has 0 unspecified atom stereocenters. The van der Waals surface area contributed by atoms with E-state index < -0.39 is 11.8 Å². The van der Waals surface area contributed by atoms with Crippen LogP contribution in [0.1, 0.15) is 0 Å². The van der Waals surface area contributed by atoms with E-state index in [2.05, 4.69) is 5.32 Å². The van der Waals surface area contributed by atoms with E-state index in [-0.39, 0.29) is 20.8 Å². The van der Waals surface area contributed by atoms with Crippen molar-refractivity contribution in [2.24, 2.45) is 0 Å². The van der Waals surface area contributed by atoms with Gasteiger partial charge in [-0.05, 0) is 12.1 Å². The predicted molar refractivity (Wildman–Crippen MR) is 60.0 cm³/mol. The van der Waals surface area contributed by atoms with Crippen LogP contribution in [0.25, 0.3) is 0 Å². The fourth-order valence-corrected chi connectivity index (χ4v) is 1.44. The van der Waals surface area contributed by atoms with E-state index in [1.165, 1.54) is 17.6 Å². The van der Waals surface area contributed by atoms with Crippen molar-refractivity contribution in [2.75, 3.05) is 5.32 Å². The molecule has 86 valence electrons. The first kappa shape index (κ1) is 13.1. The monoisotopic (exact) mass is 282 g/mol. The third-order valence-corrected chi connectivity index (χ3v) is 2.60. The molecule has 0 saturated heterocycles. The van der Waals surface area contributed by atoms with Crippen LogP contribution in [0, 0.1) is 0 Å². The van der Waals surface area contributed by atoms with Gasteiger partial charge in [0.2, 0.25) is 0 Å². The second kappa shape index (κ2) is 5.36. The molecule has 0 aliphatic rings. The molecular formula is C8H5Cl3N2O3. The van der Waals surface area contributed by atoms with Gasteiger partial charge in [0, 0.05) is 0 Å². The molecule has 2 amide bonds. The largest absolute Gasteiger partial charge is 0.332 e. The Hall–Kier alpha value is -1.01. The lowest BCUT2D eigenvalue weighted by molar-refractivity contribution is -0.141. The number of carbonyl (C=O) groups excluding carboxylic acids is 2. The minimum atomic E-state index is -1.22. The number of anilines is 1. The Bertz CT molecular complexity index is 450. The van der Waals surface area contributed by atoms with Crippen LogP contribution in [0.15, 0.2) is 12.1 Å². The van der Waals surface area contributed by atoms with Gasteiger partial charge in [-0.1, -0.05) is 34.8 Å². The van der Waals surface area contributed by atoms with Crippen LogP contribution in [-0.2, 0) is 9.59 Å². The first-order chi connectivity index (χ1) is 7.45. The maximum atomic E-state index is 11.1. The first-order valence-electron chi connectivity index (χ1n) is 3.85. The average Bonchev–Trinajstić information content (AvgIpc) is 2.24. The Morgan fingerprint density at radius 1 is 1.00 bits per heavy atom. The quantitative estimate of drug-likeness (QED) is 0.320. The van der Waals surface area contributed by atoms with E-state index >= 15 is 0 Å². The highest BCUT2D eigenvalue weighted by atomic mass is 35.5. The number of nitrogens with one attached hydrogen (secondary N) is 2. The van der Waals surface area contributed by atoms with Crippen LogP contribution in [0.3, 0.4) is 0 Å². The van der Waals surface area contributed by atoms with Crippen LogP contribution < -0.4 is 10.8 Å². The molecule has 3 N–H and O–H groups in total. The van der Waals surface area contributed by atoms with Gasteiger partial charge in [-0.2, -0.15) is 0 Å². The molecule has 1 aromatic rings. The second-order valence-corrected chi connectivity index (χ2v) is 3.86. The zero-order valence-electron chi connectivity index (χ0n) is 7.55. The maximum absolute atomic E-state index is 11.1. The molecule has 1 rings (SSSR count). The Morgan fingerprint density at radius 3 is 2.12 bits per heavy atom. The maximum Gasteiger partial charge on any atom is 0.332 e. The molecule has 16 heavy (non-hydrogen) atoms. The van der Waals surface area contributed by atoms with Gasteiger partial charge >= 0.3 is 11.8 Å². The SMILES string of the molecule is O=C(NO)C(=O)Nc1cc(Cl)c(Cl)cc1Cl. The van der Waals surface area contributed by atoms with Crippen LogP contribution in [0.4, 0.5) is 5.69 Å². The molecule has 5 nitrogen and oxygen atoms in total. The molecular weight excluding hydrogens is 278 g/mol. The molecule has 8 heteroatoms. The van der Waals surface area contributed by atoms with Crippen molar-refractivity contribution in [3.8, 4) is 0 Å². The fraction of sp³-hybridized carbons (Fsp3) is 0. The van der Waals surface area contributed by atoms with Gasteiger partial charge in [0.25, 0.3) is 0 Å². The minimum absolute atomic E-state index is 0.115. The molecule has 0 aromatic heterocycles. The summed E-state index contributed by atoms with van der Waals surface area (Å²) < 4.78 is 0. The van der Waals surface area contributed by atoms with Crippen LogP contribution >= 0.6 is 34.8 Å². The molecule has 0 radical (unpaired) electrons. The number of carbonyl (C=O) groups is 2. The molecule has 1 aromatic carbocycles. The summed E-state index contributed by atoms with van der Waals surface area (Å²) in [6, 6.07) is 2.60. The molecule has 0 heterocycles. The summed E-state index contributed by atoms with van der Waals surface area (Å²) in [5.41, 5.74) is 1.29. The van der Waals surface area contributed by atoms with E-state index in [0.29, 0.717) is 0 Å². The van der Waals surface area contributed by atoms with Crippen LogP contribution in [-0.4, -0.2) is 17.0 Å². The number of hydrogen-bond acceptors (Lipinski definition) is 3. The average molecular weight is 283 g/mol. The molecule has 0 bridgehead atoms. The Kier molecular flexibility index (Phi) is 4.37. The third-order valence-electron chi connectivity index (χ3n) is 1.57. The lowest BCUT2D eigenvalue weighted by Gasteiger charge is -2.07. The summed E-state index contributed by atoms with van der Waals surface area (Å²) in [5, 5.41) is 10.9. The summed E-state index contributed by atoms with van der Waals surface area (Å²) in [5.74, 6) is -2.30. The number of hydroxylamine groups is 1. The van der Waals surface area contributed by atoms with Gasteiger partial charge < -0.3 is 5.32 Å². The van der Waals surface area contributed by atoms with Crippen LogP contribution in [0.2, 0.25) is 15.1 Å². The van der Waals surface area contributed by atoms with Crippen molar-refractivity contribution < 1.29 is 14.8 Å². The van der Waals surface area contributed by atoms with Gasteiger partial charge in [0.05, 0.1) is 20.8 Å². The van der Waals surface area contributed by atoms with E-state index in [9.17, 15) is 9.59 Å². The van der Waals surface area contributed by atoms with Crippen molar-refractivity contribution >= 4 is 52.3 Å². The van der Waals surface area contributed by atoms with Gasteiger partial charge in [-0.15, -0.1) is 0 Å². The number of halogens is 3. The highest BCUT2D eigenvalue weighted by Crippen LogP contribution is 2.32. The topological polar surface area (TPSA) is 78.4 Å². The zero-order chi connectivity index (χ0) is 12.3. The number of benzene rings is 1. The number of amides is 2. The lowest BCUT2D eigenvalue weighted by Crippen LogP contribution is -2.33.